The van der Waals surface area contributed by atoms with Crippen molar-refractivity contribution in [1.29, 1.82) is 0 Å². The Morgan fingerprint density at radius 1 is 1.28 bits per heavy atom. The van der Waals surface area contributed by atoms with Gasteiger partial charge in [0.2, 0.25) is 0 Å². The minimum Gasteiger partial charge on any atom is -0.369 e. The van der Waals surface area contributed by atoms with Crippen LogP contribution in [-0.2, 0) is 0 Å². The van der Waals surface area contributed by atoms with Gasteiger partial charge in [-0.15, -0.1) is 0 Å². The van der Waals surface area contributed by atoms with Crippen LogP contribution < -0.4 is 0 Å². The van der Waals surface area contributed by atoms with Crippen molar-refractivity contribution in [2.75, 3.05) is 27.2 Å². The van der Waals surface area contributed by atoms with Crippen molar-refractivity contribution in [3.63, 3.8) is 0 Å². The van der Waals surface area contributed by atoms with E-state index in [-0.39, 0.29) is 0 Å². The molecule has 1 N–H and O–H groups in total. The number of hydrazone groups is 1. The normalized spacial score (nSPS) is 19.2. The molecule has 18 heavy (non-hydrogen) atoms. The summed E-state index contributed by atoms with van der Waals surface area (Å²) in [7, 11) is 4.02. The summed E-state index contributed by atoms with van der Waals surface area (Å²) in [6.07, 6.45) is 3.01. The number of nitrogens with zero attached hydrogens (tertiary/aromatic N) is 3. The number of rotatable bonds is 4. The van der Waals surface area contributed by atoms with Gasteiger partial charge in [-0.05, 0) is 26.2 Å². The third-order valence-corrected chi connectivity index (χ3v) is 2.81. The van der Waals surface area contributed by atoms with E-state index in [4.69, 9.17) is 0 Å². The molecule has 0 saturated heterocycles. The summed E-state index contributed by atoms with van der Waals surface area (Å²) in [6, 6.07) is 9.99. The van der Waals surface area contributed by atoms with Crippen molar-refractivity contribution in [3.05, 3.63) is 48.0 Å². The zero-order chi connectivity index (χ0) is 13.0. The first-order valence-corrected chi connectivity index (χ1v) is 6.08. The number of hydrogen-bond donors (Lipinski definition) is 1. The van der Waals surface area contributed by atoms with Gasteiger partial charge in [-0.2, -0.15) is 5.10 Å². The van der Waals surface area contributed by atoms with E-state index < -0.39 is 6.23 Å². The molecule has 96 valence electrons. The van der Waals surface area contributed by atoms with Crippen molar-refractivity contribution < 1.29 is 5.11 Å². The Kier molecular flexibility index (Phi) is 4.12. The Hall–Kier alpha value is -1.65. The summed E-state index contributed by atoms with van der Waals surface area (Å²) in [5, 5.41) is 16.1. The average molecular weight is 245 g/mol. The lowest BCUT2D eigenvalue weighted by Crippen LogP contribution is -2.37. The first-order valence-electron chi connectivity index (χ1n) is 6.08. The molecule has 0 radical (unpaired) electrons. The van der Waals surface area contributed by atoms with Crippen LogP contribution in [0.5, 0.6) is 0 Å². The molecule has 1 unspecified atom stereocenters. The van der Waals surface area contributed by atoms with Gasteiger partial charge in [-0.25, -0.2) is 0 Å². The topological polar surface area (TPSA) is 39.1 Å². The molecule has 1 heterocycles. The van der Waals surface area contributed by atoms with Gasteiger partial charge in [0.05, 0.1) is 12.3 Å². The first-order chi connectivity index (χ1) is 8.66. The summed E-state index contributed by atoms with van der Waals surface area (Å²) in [4.78, 5) is 2.07. The smallest absolute Gasteiger partial charge is 0.162 e. The lowest BCUT2D eigenvalue weighted by atomic mass is 10.1. The van der Waals surface area contributed by atoms with Crippen LogP contribution >= 0.6 is 0 Å². The van der Waals surface area contributed by atoms with Gasteiger partial charge in [-0.1, -0.05) is 30.3 Å². The fourth-order valence-electron chi connectivity index (χ4n) is 1.76. The molecule has 0 amide bonds. The molecule has 4 heteroatoms. The van der Waals surface area contributed by atoms with Crippen molar-refractivity contribution in [1.82, 2.24) is 9.91 Å². The Bertz CT molecular complexity index is 440. The Morgan fingerprint density at radius 2 is 2.00 bits per heavy atom. The molecule has 4 nitrogen and oxygen atoms in total. The average Bonchev–Trinajstić information content (AvgIpc) is 2.38. The van der Waals surface area contributed by atoms with Gasteiger partial charge in [0.1, 0.15) is 0 Å². The second kappa shape index (κ2) is 5.80. The molecule has 1 aromatic rings. The summed E-state index contributed by atoms with van der Waals surface area (Å²) >= 11 is 0. The molecule has 1 aromatic carbocycles. The van der Waals surface area contributed by atoms with Crippen molar-refractivity contribution in [2.24, 2.45) is 5.10 Å². The third kappa shape index (κ3) is 3.18. The van der Waals surface area contributed by atoms with Crippen LogP contribution in [0.4, 0.5) is 0 Å². The SMILES string of the molecule is CN(C)CCN1N=C(c2ccccc2)C=CC1O. The summed E-state index contributed by atoms with van der Waals surface area (Å²) < 4.78 is 0. The lowest BCUT2D eigenvalue weighted by molar-refractivity contribution is 0.0377. The number of aliphatic hydroxyl groups excluding tert-OH is 1. The highest BCUT2D eigenvalue weighted by molar-refractivity contribution is 6.08. The van der Waals surface area contributed by atoms with E-state index in [9.17, 15) is 5.11 Å². The van der Waals surface area contributed by atoms with E-state index in [1.165, 1.54) is 0 Å². The quantitative estimate of drug-likeness (QED) is 0.864. The van der Waals surface area contributed by atoms with E-state index in [0.717, 1.165) is 17.8 Å². The number of benzene rings is 1. The summed E-state index contributed by atoms with van der Waals surface area (Å²) in [5.74, 6) is 0. The molecule has 0 bridgehead atoms. The number of hydrogen-bond acceptors (Lipinski definition) is 4. The van der Waals surface area contributed by atoms with E-state index in [2.05, 4.69) is 10.0 Å². The van der Waals surface area contributed by atoms with Crippen LogP contribution in [0.1, 0.15) is 5.56 Å². The van der Waals surface area contributed by atoms with E-state index in [1.54, 1.807) is 11.1 Å². The first kappa shape index (κ1) is 12.8. The Balaban J connectivity index is 2.12. The maximum atomic E-state index is 9.86. The molecule has 0 spiro atoms. The lowest BCUT2D eigenvalue weighted by Gasteiger charge is -2.27. The van der Waals surface area contributed by atoms with Crippen LogP contribution in [0.25, 0.3) is 0 Å². The highest BCUT2D eigenvalue weighted by Crippen LogP contribution is 2.11. The van der Waals surface area contributed by atoms with Crippen LogP contribution in [0, 0.1) is 0 Å². The highest BCUT2D eigenvalue weighted by atomic mass is 16.3. The van der Waals surface area contributed by atoms with E-state index in [1.807, 2.05) is 50.5 Å². The van der Waals surface area contributed by atoms with Gasteiger partial charge >= 0.3 is 0 Å². The third-order valence-electron chi connectivity index (χ3n) is 2.81. The van der Waals surface area contributed by atoms with Crippen LogP contribution in [0.15, 0.2) is 47.6 Å². The predicted octanol–water partition coefficient (Wildman–Crippen LogP) is 1.14. The fraction of sp³-hybridized carbons (Fsp3) is 0.357. The van der Waals surface area contributed by atoms with Crippen molar-refractivity contribution in [2.45, 2.75) is 6.23 Å². The van der Waals surface area contributed by atoms with Crippen LogP contribution in [-0.4, -0.2) is 54.1 Å². The molecular formula is C14H19N3O. The fourth-order valence-corrected chi connectivity index (χ4v) is 1.76. The van der Waals surface area contributed by atoms with Gasteiger partial charge in [0, 0.05) is 12.1 Å². The van der Waals surface area contributed by atoms with Gasteiger partial charge in [0.15, 0.2) is 6.23 Å². The zero-order valence-corrected chi connectivity index (χ0v) is 10.8. The molecule has 0 aliphatic carbocycles. The molecule has 1 aliphatic heterocycles. The van der Waals surface area contributed by atoms with E-state index in [0.29, 0.717) is 6.54 Å². The highest BCUT2D eigenvalue weighted by Gasteiger charge is 2.16. The number of allylic oxidation sites excluding steroid dienone is 1. The van der Waals surface area contributed by atoms with Crippen molar-refractivity contribution in [3.8, 4) is 0 Å². The molecule has 0 aromatic heterocycles. The maximum Gasteiger partial charge on any atom is 0.162 e. The van der Waals surface area contributed by atoms with Gasteiger partial charge in [-0.3, -0.25) is 5.01 Å². The Morgan fingerprint density at radius 3 is 2.67 bits per heavy atom. The number of likely N-dealkylation sites (N-methyl/N-ethyl adjacent to an activating group) is 1. The minimum atomic E-state index is -0.627. The number of aliphatic hydroxyl groups is 1. The Labute approximate surface area is 108 Å². The van der Waals surface area contributed by atoms with Crippen LogP contribution in [0.2, 0.25) is 0 Å². The molecule has 2 rings (SSSR count). The molecule has 1 atom stereocenters. The van der Waals surface area contributed by atoms with Crippen molar-refractivity contribution >= 4 is 5.71 Å². The monoisotopic (exact) mass is 245 g/mol. The standard InChI is InChI=1S/C14H19N3O/c1-16(2)10-11-17-14(18)9-8-13(15-17)12-6-4-3-5-7-12/h3-9,14,18H,10-11H2,1-2H3. The van der Waals surface area contributed by atoms with Gasteiger partial charge < -0.3 is 10.0 Å². The van der Waals surface area contributed by atoms with E-state index >= 15 is 0 Å². The van der Waals surface area contributed by atoms with Crippen LogP contribution in [0.3, 0.4) is 0 Å². The molecule has 0 fully saturated rings. The second-order valence-corrected chi connectivity index (χ2v) is 4.59. The predicted molar refractivity (Wildman–Crippen MR) is 73.4 cm³/mol. The molecule has 1 aliphatic rings. The second-order valence-electron chi connectivity index (χ2n) is 4.59. The minimum absolute atomic E-state index is 0.627. The largest absolute Gasteiger partial charge is 0.369 e. The van der Waals surface area contributed by atoms with Gasteiger partial charge in [0.25, 0.3) is 0 Å². The molecule has 0 saturated carbocycles. The zero-order valence-electron chi connectivity index (χ0n) is 10.8. The molecular weight excluding hydrogens is 226 g/mol. The summed E-state index contributed by atoms with van der Waals surface area (Å²) in [6.45, 7) is 1.56. The maximum absolute atomic E-state index is 9.86. The summed E-state index contributed by atoms with van der Waals surface area (Å²) in [5.41, 5.74) is 1.95.